The summed E-state index contributed by atoms with van der Waals surface area (Å²) in [7, 11) is -3.66. The van der Waals surface area contributed by atoms with E-state index in [0.717, 1.165) is 5.56 Å². The van der Waals surface area contributed by atoms with Gasteiger partial charge in [0.25, 0.3) is 10.0 Å². The normalized spacial score (nSPS) is 17.8. The second-order valence-corrected chi connectivity index (χ2v) is 9.60. The van der Waals surface area contributed by atoms with E-state index in [-0.39, 0.29) is 22.6 Å². The first-order chi connectivity index (χ1) is 14.2. The Morgan fingerprint density at radius 3 is 2.63 bits per heavy atom. The molecule has 2 aromatic carbocycles. The molecule has 3 rings (SSSR count). The van der Waals surface area contributed by atoms with E-state index in [9.17, 15) is 13.2 Å². The maximum Gasteiger partial charge on any atom is 0.263 e. The Morgan fingerprint density at radius 1 is 1.17 bits per heavy atom. The van der Waals surface area contributed by atoms with Crippen molar-refractivity contribution < 1.29 is 13.2 Å². The summed E-state index contributed by atoms with van der Waals surface area (Å²) < 4.78 is 27.1. The molecular formula is C21H23Cl2N3O3S. The predicted octanol–water partition coefficient (Wildman–Crippen LogP) is 3.81. The fourth-order valence-electron chi connectivity index (χ4n) is 3.20. The van der Waals surface area contributed by atoms with Gasteiger partial charge in [-0.1, -0.05) is 67.7 Å². The number of nitrogens with one attached hydrogen (secondary N) is 2. The Bertz CT molecular complexity index is 1090. The summed E-state index contributed by atoms with van der Waals surface area (Å²) in [5.41, 5.74) is 1.32. The first-order valence-electron chi connectivity index (χ1n) is 9.65. The Balaban J connectivity index is 1.77. The van der Waals surface area contributed by atoms with Crippen LogP contribution in [-0.2, 0) is 21.2 Å². The smallest absolute Gasteiger partial charge is 0.263 e. The summed E-state index contributed by atoms with van der Waals surface area (Å²) in [5.74, 6) is -0.146. The van der Waals surface area contributed by atoms with E-state index in [1.54, 1.807) is 24.3 Å². The standard InChI is InChI=1S/C21H23Cl2N3O3S/c1-3-13(2)19(21(27)24-12-11-14-7-6-9-16(22)18(14)23)25-20-15-8-4-5-10-17(15)30(28,29)26-20/h4-10,13,19H,3,11-12H2,1-2H3,(H,24,27)(H,25,26)/t13-,19-/m0/s1. The molecule has 2 aromatic rings. The minimum atomic E-state index is -3.66. The van der Waals surface area contributed by atoms with Crippen molar-refractivity contribution in [2.75, 3.05) is 6.54 Å². The Morgan fingerprint density at radius 2 is 1.90 bits per heavy atom. The van der Waals surface area contributed by atoms with Crippen molar-refractivity contribution in [1.82, 2.24) is 10.0 Å². The Kier molecular flexibility index (Phi) is 7.06. The third kappa shape index (κ3) is 4.79. The van der Waals surface area contributed by atoms with Crippen LogP contribution < -0.4 is 10.0 Å². The SMILES string of the molecule is CC[C@H](C)[C@H](N=C1NS(=O)(=O)c2ccccc21)C(=O)NCCc1cccc(Cl)c1Cl. The number of carbonyl (C=O) groups excluding carboxylic acids is 1. The van der Waals surface area contributed by atoms with Crippen molar-refractivity contribution in [3.8, 4) is 0 Å². The van der Waals surface area contributed by atoms with E-state index in [0.29, 0.717) is 35.0 Å². The molecule has 30 heavy (non-hydrogen) atoms. The lowest BCUT2D eigenvalue weighted by Crippen LogP contribution is -2.40. The van der Waals surface area contributed by atoms with E-state index in [4.69, 9.17) is 23.2 Å². The highest BCUT2D eigenvalue weighted by Crippen LogP contribution is 2.26. The van der Waals surface area contributed by atoms with E-state index in [2.05, 4.69) is 15.0 Å². The monoisotopic (exact) mass is 467 g/mol. The van der Waals surface area contributed by atoms with Gasteiger partial charge in [0.2, 0.25) is 5.91 Å². The average molecular weight is 468 g/mol. The van der Waals surface area contributed by atoms with Gasteiger partial charge in [-0.25, -0.2) is 8.42 Å². The van der Waals surface area contributed by atoms with Gasteiger partial charge in [0.1, 0.15) is 11.9 Å². The molecule has 0 saturated heterocycles. The zero-order valence-electron chi connectivity index (χ0n) is 16.7. The number of benzene rings is 2. The minimum Gasteiger partial charge on any atom is -0.354 e. The molecule has 0 radical (unpaired) electrons. The predicted molar refractivity (Wildman–Crippen MR) is 120 cm³/mol. The quantitative estimate of drug-likeness (QED) is 0.648. The lowest BCUT2D eigenvalue weighted by Gasteiger charge is -2.19. The van der Waals surface area contributed by atoms with Gasteiger partial charge in [-0.05, 0) is 36.1 Å². The van der Waals surface area contributed by atoms with Gasteiger partial charge < -0.3 is 5.32 Å². The van der Waals surface area contributed by atoms with Crippen LogP contribution in [0.1, 0.15) is 31.4 Å². The highest BCUT2D eigenvalue weighted by atomic mass is 35.5. The number of fused-ring (bicyclic) bond motifs is 1. The summed E-state index contributed by atoms with van der Waals surface area (Å²) in [6.07, 6.45) is 1.23. The van der Waals surface area contributed by atoms with Crippen LogP contribution >= 0.6 is 23.2 Å². The van der Waals surface area contributed by atoms with Crippen molar-refractivity contribution >= 4 is 45.0 Å². The van der Waals surface area contributed by atoms with Gasteiger partial charge in [0.15, 0.2) is 0 Å². The van der Waals surface area contributed by atoms with Gasteiger partial charge in [0.05, 0.1) is 14.9 Å². The van der Waals surface area contributed by atoms with Gasteiger partial charge >= 0.3 is 0 Å². The van der Waals surface area contributed by atoms with Gasteiger partial charge in [-0.3, -0.25) is 14.5 Å². The maximum atomic E-state index is 12.9. The number of hydrogen-bond acceptors (Lipinski definition) is 4. The zero-order chi connectivity index (χ0) is 21.9. The molecule has 2 atom stereocenters. The fraction of sp³-hybridized carbons (Fsp3) is 0.333. The highest BCUT2D eigenvalue weighted by molar-refractivity contribution is 7.90. The first kappa shape index (κ1) is 22.6. The van der Waals surface area contributed by atoms with Crippen LogP contribution in [0.15, 0.2) is 52.4 Å². The zero-order valence-corrected chi connectivity index (χ0v) is 19.0. The molecule has 0 unspecified atom stereocenters. The summed E-state index contributed by atoms with van der Waals surface area (Å²) >= 11 is 12.2. The first-order valence-corrected chi connectivity index (χ1v) is 11.9. The van der Waals surface area contributed by atoms with Crippen molar-refractivity contribution in [3.05, 3.63) is 63.6 Å². The van der Waals surface area contributed by atoms with E-state index < -0.39 is 16.1 Å². The molecule has 1 aliphatic heterocycles. The molecule has 0 aliphatic carbocycles. The summed E-state index contributed by atoms with van der Waals surface area (Å²) in [4.78, 5) is 17.6. The molecule has 0 saturated carbocycles. The molecule has 0 bridgehead atoms. The van der Waals surface area contributed by atoms with Crippen molar-refractivity contribution in [2.24, 2.45) is 10.9 Å². The molecular weight excluding hydrogens is 445 g/mol. The molecule has 6 nitrogen and oxygen atoms in total. The van der Waals surface area contributed by atoms with Crippen LogP contribution in [0.2, 0.25) is 10.0 Å². The molecule has 1 amide bonds. The van der Waals surface area contributed by atoms with Crippen molar-refractivity contribution in [1.29, 1.82) is 0 Å². The second kappa shape index (κ2) is 9.37. The molecule has 0 spiro atoms. The number of aliphatic imine (C=N–C) groups is 1. The maximum absolute atomic E-state index is 12.9. The lowest BCUT2D eigenvalue weighted by molar-refractivity contribution is -0.123. The van der Waals surface area contributed by atoms with Crippen molar-refractivity contribution in [3.63, 3.8) is 0 Å². The van der Waals surface area contributed by atoms with Crippen LogP contribution in [-0.4, -0.2) is 32.7 Å². The Hall–Kier alpha value is -2.09. The topological polar surface area (TPSA) is 87.6 Å². The number of amidine groups is 1. The largest absolute Gasteiger partial charge is 0.354 e. The van der Waals surface area contributed by atoms with Gasteiger partial charge in [-0.15, -0.1) is 0 Å². The van der Waals surface area contributed by atoms with E-state index in [1.165, 1.54) is 6.07 Å². The highest BCUT2D eigenvalue weighted by Gasteiger charge is 2.33. The number of halogens is 2. The summed E-state index contributed by atoms with van der Waals surface area (Å²) in [5, 5.41) is 3.83. The number of hydrogen-bond donors (Lipinski definition) is 2. The second-order valence-electron chi connectivity index (χ2n) is 7.16. The third-order valence-electron chi connectivity index (χ3n) is 5.11. The van der Waals surface area contributed by atoms with Crippen LogP contribution in [0.3, 0.4) is 0 Å². The van der Waals surface area contributed by atoms with E-state index in [1.807, 2.05) is 26.0 Å². The Labute approximate surface area is 186 Å². The van der Waals surface area contributed by atoms with E-state index >= 15 is 0 Å². The van der Waals surface area contributed by atoms with Crippen LogP contribution in [0, 0.1) is 5.92 Å². The van der Waals surface area contributed by atoms with Gasteiger partial charge in [-0.2, -0.15) is 0 Å². The average Bonchev–Trinajstić information content (AvgIpc) is 2.99. The van der Waals surface area contributed by atoms with Crippen molar-refractivity contribution in [2.45, 2.75) is 37.6 Å². The number of sulfonamides is 1. The number of nitrogens with zero attached hydrogens (tertiary/aromatic N) is 1. The van der Waals surface area contributed by atoms with Gasteiger partial charge in [0, 0.05) is 12.1 Å². The molecule has 160 valence electrons. The summed E-state index contributed by atoms with van der Waals surface area (Å²) in [6.45, 7) is 4.24. The van der Waals surface area contributed by atoms with Crippen LogP contribution in [0.5, 0.6) is 0 Å². The fourth-order valence-corrected chi connectivity index (χ4v) is 4.86. The number of rotatable bonds is 7. The minimum absolute atomic E-state index is 0.0791. The lowest BCUT2D eigenvalue weighted by atomic mass is 9.98. The third-order valence-corrected chi connectivity index (χ3v) is 7.36. The molecule has 0 fully saturated rings. The number of carbonyl (C=O) groups is 1. The molecule has 2 N–H and O–H groups in total. The summed E-state index contributed by atoms with van der Waals surface area (Å²) in [6, 6.07) is 11.2. The van der Waals surface area contributed by atoms with Crippen LogP contribution in [0.4, 0.5) is 0 Å². The van der Waals surface area contributed by atoms with Crippen LogP contribution in [0.25, 0.3) is 0 Å². The molecule has 9 heteroatoms. The molecule has 1 aliphatic rings. The number of amides is 1. The molecule has 0 aromatic heterocycles. The molecule has 1 heterocycles.